The fourth-order valence-corrected chi connectivity index (χ4v) is 10.9. The van der Waals surface area contributed by atoms with Gasteiger partial charge in [0.2, 0.25) is 0 Å². The van der Waals surface area contributed by atoms with Crippen LogP contribution in [0.1, 0.15) is 123 Å². The highest BCUT2D eigenvalue weighted by atomic mass is 19.3. The van der Waals surface area contributed by atoms with E-state index >= 15 is 0 Å². The molecule has 0 saturated heterocycles. The lowest BCUT2D eigenvalue weighted by atomic mass is 9.73. The number of halogens is 2. The van der Waals surface area contributed by atoms with E-state index in [-0.39, 0.29) is 40.2 Å². The Morgan fingerprint density at radius 3 is 1.77 bits per heavy atom. The van der Waals surface area contributed by atoms with Crippen LogP contribution in [0.3, 0.4) is 0 Å². The van der Waals surface area contributed by atoms with Gasteiger partial charge in [0.15, 0.2) is 23.1 Å². The van der Waals surface area contributed by atoms with Crippen LogP contribution in [-0.2, 0) is 14.4 Å². The average Bonchev–Trinajstić information content (AvgIpc) is 3.96. The minimum absolute atomic E-state index is 0.0271. The van der Waals surface area contributed by atoms with Crippen molar-refractivity contribution in [1.82, 2.24) is 10.6 Å². The molecule has 0 radical (unpaired) electrons. The van der Waals surface area contributed by atoms with Gasteiger partial charge in [-0.15, -0.1) is 0 Å². The third-order valence-electron chi connectivity index (χ3n) is 13.7. The quantitative estimate of drug-likeness (QED) is 0.253. The normalized spacial score (nSPS) is 23.6. The number of nitrogens with one attached hydrogen (secondary N) is 2. The first kappa shape index (κ1) is 39.9. The van der Waals surface area contributed by atoms with Crippen molar-refractivity contribution in [3.05, 3.63) is 158 Å². The number of benzene rings is 3. The van der Waals surface area contributed by atoms with E-state index in [9.17, 15) is 28.0 Å². The van der Waals surface area contributed by atoms with Crippen molar-refractivity contribution >= 4 is 28.8 Å². The summed E-state index contributed by atoms with van der Waals surface area (Å²) in [6.07, 6.45) is 13.9. The number of alkyl halides is 2. The van der Waals surface area contributed by atoms with Crippen LogP contribution in [0.4, 0.5) is 8.78 Å². The molecule has 0 amide bonds. The van der Waals surface area contributed by atoms with Gasteiger partial charge < -0.3 is 20.1 Å². The van der Waals surface area contributed by atoms with E-state index in [0.717, 1.165) is 107 Å². The highest BCUT2D eigenvalue weighted by molar-refractivity contribution is 6.23. The lowest BCUT2D eigenvalue weighted by Crippen LogP contribution is -2.34. The fourth-order valence-electron chi connectivity index (χ4n) is 10.9. The summed E-state index contributed by atoms with van der Waals surface area (Å²) in [5.74, 6) is 0.227. The topological polar surface area (TPSA) is 111 Å². The molecule has 2 N–H and O–H groups in total. The number of fused-ring (bicyclic) bond motifs is 3. The number of ether oxygens (including phenoxy) is 2. The number of allylic oxidation sites excluding steroid dienone is 10. The minimum Gasteiger partial charge on any atom is -0.490 e. The van der Waals surface area contributed by atoms with Crippen molar-refractivity contribution < 1.29 is 37.4 Å². The zero-order valence-electron chi connectivity index (χ0n) is 34.9. The number of ketones is 4. The molecule has 11 rings (SSSR count). The molecule has 2 unspecified atom stereocenters. The first-order chi connectivity index (χ1) is 30.0. The zero-order chi connectivity index (χ0) is 42.9. The van der Waals surface area contributed by atoms with Gasteiger partial charge in [-0.25, -0.2) is 0 Å². The molecular weight excluding hydrogens is 787 g/mol. The summed E-state index contributed by atoms with van der Waals surface area (Å²) in [5.41, 5.74) is 11.1. The molecule has 0 aromatic heterocycles. The Hall–Kier alpha value is -6.16. The van der Waals surface area contributed by atoms with Crippen LogP contribution < -0.4 is 20.1 Å². The van der Waals surface area contributed by atoms with Crippen LogP contribution in [0.2, 0.25) is 0 Å². The first-order valence-electron chi connectivity index (χ1n) is 21.9. The van der Waals surface area contributed by atoms with E-state index in [2.05, 4.69) is 29.2 Å². The molecule has 62 heavy (non-hydrogen) atoms. The van der Waals surface area contributed by atoms with Gasteiger partial charge in [0.1, 0.15) is 11.5 Å². The van der Waals surface area contributed by atoms with Crippen molar-refractivity contribution in [1.29, 1.82) is 0 Å². The molecule has 2 aliphatic heterocycles. The van der Waals surface area contributed by atoms with Crippen molar-refractivity contribution in [2.75, 3.05) is 0 Å². The average molecular weight is 835 g/mol. The first-order valence-corrected chi connectivity index (χ1v) is 21.9. The zero-order valence-corrected chi connectivity index (χ0v) is 34.9. The van der Waals surface area contributed by atoms with Crippen LogP contribution in [0.25, 0.3) is 5.70 Å². The van der Waals surface area contributed by atoms with Gasteiger partial charge in [-0.05, 0) is 104 Å². The van der Waals surface area contributed by atoms with E-state index in [4.69, 9.17) is 4.74 Å². The lowest BCUT2D eigenvalue weighted by molar-refractivity contribution is -0.117. The number of carbonyl (C=O) groups is 4. The van der Waals surface area contributed by atoms with Crippen LogP contribution in [0, 0.1) is 5.41 Å². The largest absolute Gasteiger partial charge is 0.490 e. The molecule has 8 nitrogen and oxygen atoms in total. The van der Waals surface area contributed by atoms with Gasteiger partial charge in [0.25, 0.3) is 0 Å². The maximum absolute atomic E-state index is 13.6. The third kappa shape index (κ3) is 6.79. The predicted molar refractivity (Wildman–Crippen MR) is 230 cm³/mol. The van der Waals surface area contributed by atoms with Gasteiger partial charge in [-0.1, -0.05) is 74.5 Å². The second-order valence-corrected chi connectivity index (χ2v) is 18.1. The van der Waals surface area contributed by atoms with E-state index in [0.29, 0.717) is 41.2 Å². The molecule has 0 spiro atoms. The van der Waals surface area contributed by atoms with Crippen molar-refractivity contribution in [3.63, 3.8) is 0 Å². The molecule has 1 fully saturated rings. The third-order valence-corrected chi connectivity index (χ3v) is 13.7. The van der Waals surface area contributed by atoms with Crippen LogP contribution in [-0.4, -0.2) is 35.8 Å². The van der Waals surface area contributed by atoms with Crippen molar-refractivity contribution in [2.24, 2.45) is 5.41 Å². The smallest absolute Gasteiger partial charge is 0.387 e. The Labute approximate surface area is 359 Å². The minimum atomic E-state index is -2.91. The molecule has 6 aliphatic carbocycles. The molecular formula is C52H48F2N2O6. The summed E-state index contributed by atoms with van der Waals surface area (Å²) in [5, 5.41) is 6.96. The number of dihydropyridines is 2. The monoisotopic (exact) mass is 834 g/mol. The number of Topliss-reactive ketones (excluding diaryl/α,β-unsaturated/α-hetero) is 4. The van der Waals surface area contributed by atoms with E-state index in [1.165, 1.54) is 25.0 Å². The second kappa shape index (κ2) is 15.6. The predicted octanol–water partition coefficient (Wildman–Crippen LogP) is 10.4. The number of hydrogen-bond acceptors (Lipinski definition) is 8. The lowest BCUT2D eigenvalue weighted by Gasteiger charge is -2.36. The molecule has 3 aromatic rings. The Kier molecular flexibility index (Phi) is 10.1. The number of hydrogen-bond donors (Lipinski definition) is 2. The molecule has 2 heterocycles. The van der Waals surface area contributed by atoms with Gasteiger partial charge in [-0.2, -0.15) is 8.78 Å². The SMILES string of the molecule is CC1(C)CC=CC2=C1C1=C(C2=O)C(c2ccc(OC(F)F)cc2)C2=C(CCCC2=O)N1.O=C1CCCC2=C1C(c1ccc(OC3CCCC3)cc1)C1=C(N2)c2ccccc2C1=O. The Morgan fingerprint density at radius 2 is 1.18 bits per heavy atom. The molecule has 1 saturated carbocycles. The molecule has 0 bridgehead atoms. The fraction of sp³-hybridized carbons (Fsp3) is 0.346. The van der Waals surface area contributed by atoms with Crippen molar-refractivity contribution in [2.45, 2.75) is 109 Å². The van der Waals surface area contributed by atoms with Crippen molar-refractivity contribution in [3.8, 4) is 11.5 Å². The number of carbonyl (C=O) groups excluding carboxylic acids is 4. The summed E-state index contributed by atoms with van der Waals surface area (Å²) in [7, 11) is 0. The summed E-state index contributed by atoms with van der Waals surface area (Å²) in [6.45, 7) is 1.34. The van der Waals surface area contributed by atoms with E-state index in [1.807, 2.05) is 60.7 Å². The highest BCUT2D eigenvalue weighted by Crippen LogP contribution is 2.54. The maximum Gasteiger partial charge on any atom is 0.387 e. The maximum atomic E-state index is 13.6. The summed E-state index contributed by atoms with van der Waals surface area (Å²) >= 11 is 0. The van der Waals surface area contributed by atoms with Gasteiger partial charge in [0.05, 0.1) is 17.5 Å². The van der Waals surface area contributed by atoms with Crippen LogP contribution in [0.5, 0.6) is 11.5 Å². The molecule has 10 heteroatoms. The molecule has 316 valence electrons. The summed E-state index contributed by atoms with van der Waals surface area (Å²) in [6, 6.07) is 22.1. The number of rotatable bonds is 6. The standard InChI is InChI=1S/C27H25NO3.C25H23F2NO3/c29-22-11-5-10-21-24(22)23(16-12-14-18(15-13-16)31-17-6-1-2-7-17)25-26(28-21)19-8-3-4-9-20(19)27(25)30;1-25(2)12-4-5-15-21(25)22-20(23(15)30)18(19-16(28-22)6-3-7-17(19)29)13-8-10-14(11-9-13)31-24(26)27/h3-4,8-9,12-15,17,23,28H,1-2,5-7,10-11H2;4-5,8-11,18,24,28H,3,6-7,12H2,1-2H3. The van der Waals surface area contributed by atoms with Gasteiger partial charge in [-0.3, -0.25) is 19.2 Å². The molecule has 8 aliphatic rings. The summed E-state index contributed by atoms with van der Waals surface area (Å²) < 4.78 is 35.8. The Bertz CT molecular complexity index is 2640. The Balaban J connectivity index is 0.000000148. The Morgan fingerprint density at radius 1 is 0.629 bits per heavy atom. The highest BCUT2D eigenvalue weighted by Gasteiger charge is 2.48. The second-order valence-electron chi connectivity index (χ2n) is 18.1. The van der Waals surface area contributed by atoms with E-state index < -0.39 is 12.5 Å². The molecule has 2 atom stereocenters. The molecule has 3 aromatic carbocycles. The van der Waals surface area contributed by atoms with E-state index in [1.54, 1.807) is 12.1 Å². The van der Waals surface area contributed by atoms with Gasteiger partial charge >= 0.3 is 6.61 Å². The summed E-state index contributed by atoms with van der Waals surface area (Å²) in [4.78, 5) is 53.0. The van der Waals surface area contributed by atoms with Gasteiger partial charge in [0, 0.05) is 75.1 Å². The van der Waals surface area contributed by atoms with Crippen LogP contribution >= 0.6 is 0 Å². The van der Waals surface area contributed by atoms with Crippen LogP contribution in [0.15, 0.2) is 135 Å².